The van der Waals surface area contributed by atoms with Gasteiger partial charge in [-0.05, 0) is 54.7 Å². The summed E-state index contributed by atoms with van der Waals surface area (Å²) in [5, 5.41) is 5.16. The fourth-order valence-electron chi connectivity index (χ4n) is 5.02. The van der Waals surface area contributed by atoms with Crippen molar-refractivity contribution in [1.29, 1.82) is 0 Å². The SMILES string of the molecule is O=C(Oc1ccc(Br)cc1C=NN1C(=O)[C@@H]2[C@H](C1=O)[C@H]1C=C[C@H]2C1)c1ccc2c(c1)OCO2. The van der Waals surface area contributed by atoms with E-state index in [1.54, 1.807) is 36.4 Å². The van der Waals surface area contributed by atoms with Crippen LogP contribution in [-0.4, -0.2) is 35.8 Å². The lowest BCUT2D eigenvalue weighted by Crippen LogP contribution is -2.28. The van der Waals surface area contributed by atoms with Crippen LogP contribution in [0.4, 0.5) is 0 Å². The van der Waals surface area contributed by atoms with Gasteiger partial charge in [0.1, 0.15) is 5.75 Å². The number of nitrogens with zero attached hydrogens (tertiary/aromatic N) is 2. The lowest BCUT2D eigenvalue weighted by Gasteiger charge is -2.13. The van der Waals surface area contributed by atoms with Crippen LogP contribution in [0, 0.1) is 23.7 Å². The van der Waals surface area contributed by atoms with E-state index in [2.05, 4.69) is 21.0 Å². The molecule has 2 amide bonds. The highest BCUT2D eigenvalue weighted by atomic mass is 79.9. The molecule has 33 heavy (non-hydrogen) atoms. The van der Waals surface area contributed by atoms with Gasteiger partial charge in [-0.25, -0.2) is 4.79 Å². The third-order valence-corrected chi connectivity index (χ3v) is 7.04. The van der Waals surface area contributed by atoms with Gasteiger partial charge in [-0.2, -0.15) is 10.1 Å². The van der Waals surface area contributed by atoms with Gasteiger partial charge >= 0.3 is 5.97 Å². The Hall–Kier alpha value is -3.46. The molecule has 2 aliphatic carbocycles. The Morgan fingerprint density at radius 2 is 1.76 bits per heavy atom. The number of amides is 2. The summed E-state index contributed by atoms with van der Waals surface area (Å²) in [5.41, 5.74) is 0.739. The molecular weight excluding hydrogens is 492 g/mol. The molecule has 2 bridgehead atoms. The monoisotopic (exact) mass is 508 g/mol. The molecule has 166 valence electrons. The molecule has 2 heterocycles. The molecule has 0 unspecified atom stereocenters. The first-order valence-electron chi connectivity index (χ1n) is 10.5. The van der Waals surface area contributed by atoms with Crippen LogP contribution >= 0.6 is 15.9 Å². The number of rotatable bonds is 4. The average Bonchev–Trinajstić information content (AvgIpc) is 3.58. The standard InChI is InChI=1S/C24H17BrN2O6/c25-16-4-6-17(33-24(30)14-3-5-18-19(9-14)32-11-31-18)15(8-16)10-26-27-22(28)20-12-1-2-13(7-12)21(20)23(27)29/h1-6,8-10,12-13,20-21H,7,11H2/t12-,13-,20-,21+/m0/s1. The fourth-order valence-corrected chi connectivity index (χ4v) is 5.39. The number of halogens is 1. The smallest absolute Gasteiger partial charge is 0.343 e. The average molecular weight is 509 g/mol. The second-order valence-electron chi connectivity index (χ2n) is 8.37. The number of fused-ring (bicyclic) bond motifs is 6. The van der Waals surface area contributed by atoms with E-state index in [0.29, 0.717) is 22.6 Å². The van der Waals surface area contributed by atoms with Gasteiger partial charge in [-0.3, -0.25) is 9.59 Å². The van der Waals surface area contributed by atoms with Gasteiger partial charge in [-0.15, -0.1) is 0 Å². The molecule has 0 radical (unpaired) electrons. The second kappa shape index (κ2) is 7.55. The summed E-state index contributed by atoms with van der Waals surface area (Å²) in [4.78, 5) is 38.4. The number of hydrogen-bond acceptors (Lipinski definition) is 7. The van der Waals surface area contributed by atoms with Crippen LogP contribution in [0.15, 0.2) is 58.1 Å². The highest BCUT2D eigenvalue weighted by Gasteiger charge is 2.59. The third kappa shape index (κ3) is 3.26. The van der Waals surface area contributed by atoms with Gasteiger partial charge in [0.05, 0.1) is 23.6 Å². The molecule has 9 heteroatoms. The van der Waals surface area contributed by atoms with Gasteiger partial charge in [0.25, 0.3) is 11.8 Å². The molecule has 0 aromatic heterocycles. The zero-order valence-corrected chi connectivity index (χ0v) is 18.7. The molecule has 1 saturated carbocycles. The zero-order valence-electron chi connectivity index (χ0n) is 17.1. The number of hydrazone groups is 1. The first-order chi connectivity index (χ1) is 16.0. The Bertz CT molecular complexity index is 1240. The Balaban J connectivity index is 1.24. The van der Waals surface area contributed by atoms with E-state index in [1.807, 2.05) is 12.2 Å². The lowest BCUT2D eigenvalue weighted by atomic mass is 9.85. The number of carbonyl (C=O) groups is 3. The Kier molecular flexibility index (Phi) is 4.62. The van der Waals surface area contributed by atoms with Crippen molar-refractivity contribution < 1.29 is 28.6 Å². The Morgan fingerprint density at radius 1 is 1.03 bits per heavy atom. The minimum atomic E-state index is -0.587. The molecule has 4 atom stereocenters. The predicted molar refractivity (Wildman–Crippen MR) is 119 cm³/mol. The van der Waals surface area contributed by atoms with Crippen molar-refractivity contribution in [2.45, 2.75) is 6.42 Å². The van der Waals surface area contributed by atoms with Gasteiger partial charge < -0.3 is 14.2 Å². The van der Waals surface area contributed by atoms with Crippen LogP contribution < -0.4 is 14.2 Å². The molecule has 2 fully saturated rings. The third-order valence-electron chi connectivity index (χ3n) is 6.54. The Morgan fingerprint density at radius 3 is 2.52 bits per heavy atom. The van der Waals surface area contributed by atoms with Crippen LogP contribution in [0.25, 0.3) is 0 Å². The number of esters is 1. The molecule has 6 rings (SSSR count). The number of imide groups is 1. The molecule has 1 saturated heterocycles. The van der Waals surface area contributed by atoms with Crippen molar-refractivity contribution >= 4 is 39.9 Å². The van der Waals surface area contributed by atoms with E-state index in [9.17, 15) is 14.4 Å². The normalized spacial score (nSPS) is 26.5. The number of carbonyl (C=O) groups excluding carboxylic acids is 3. The van der Waals surface area contributed by atoms with Crippen molar-refractivity contribution in [2.24, 2.45) is 28.8 Å². The summed E-state index contributed by atoms with van der Waals surface area (Å²) in [5.74, 6) is -0.272. The summed E-state index contributed by atoms with van der Waals surface area (Å²) in [6.45, 7) is 0.106. The fraction of sp³-hybridized carbons (Fsp3) is 0.250. The topological polar surface area (TPSA) is 94.5 Å². The van der Waals surface area contributed by atoms with E-state index in [1.165, 1.54) is 6.21 Å². The van der Waals surface area contributed by atoms with E-state index in [0.717, 1.165) is 15.9 Å². The van der Waals surface area contributed by atoms with Gasteiger partial charge in [0.2, 0.25) is 6.79 Å². The van der Waals surface area contributed by atoms with E-state index in [4.69, 9.17) is 14.2 Å². The summed E-state index contributed by atoms with van der Waals surface area (Å²) < 4.78 is 16.9. The lowest BCUT2D eigenvalue weighted by molar-refractivity contribution is -0.140. The number of benzene rings is 2. The number of ether oxygens (including phenoxy) is 3. The van der Waals surface area contributed by atoms with Crippen molar-refractivity contribution in [3.63, 3.8) is 0 Å². The molecule has 2 aliphatic heterocycles. The summed E-state index contributed by atoms with van der Waals surface area (Å²) >= 11 is 3.39. The maximum atomic E-state index is 12.9. The summed E-state index contributed by atoms with van der Waals surface area (Å²) in [7, 11) is 0. The van der Waals surface area contributed by atoms with E-state index in [-0.39, 0.29) is 48.0 Å². The largest absolute Gasteiger partial charge is 0.454 e. The molecular formula is C24H17BrN2O6. The van der Waals surface area contributed by atoms with Gasteiger partial charge in [0.15, 0.2) is 11.5 Å². The highest BCUT2D eigenvalue weighted by molar-refractivity contribution is 9.10. The summed E-state index contributed by atoms with van der Waals surface area (Å²) in [6.07, 6.45) is 6.30. The first-order valence-corrected chi connectivity index (χ1v) is 11.3. The van der Waals surface area contributed by atoms with Crippen molar-refractivity contribution in [3.8, 4) is 17.2 Å². The van der Waals surface area contributed by atoms with E-state index >= 15 is 0 Å². The number of hydrogen-bond donors (Lipinski definition) is 0. The minimum Gasteiger partial charge on any atom is -0.454 e. The first kappa shape index (κ1) is 20.2. The maximum Gasteiger partial charge on any atom is 0.343 e. The molecule has 0 spiro atoms. The van der Waals surface area contributed by atoms with Crippen molar-refractivity contribution in [3.05, 3.63) is 64.1 Å². The molecule has 2 aromatic rings. The maximum absolute atomic E-state index is 12.9. The van der Waals surface area contributed by atoms with Gasteiger partial charge in [0, 0.05) is 10.0 Å². The Labute approximate surface area is 196 Å². The zero-order chi connectivity index (χ0) is 22.7. The van der Waals surface area contributed by atoms with Crippen LogP contribution in [0.3, 0.4) is 0 Å². The molecule has 4 aliphatic rings. The highest BCUT2D eigenvalue weighted by Crippen LogP contribution is 2.52. The van der Waals surface area contributed by atoms with Crippen LogP contribution in [0.5, 0.6) is 17.2 Å². The molecule has 8 nitrogen and oxygen atoms in total. The molecule has 0 N–H and O–H groups in total. The van der Waals surface area contributed by atoms with E-state index < -0.39 is 5.97 Å². The van der Waals surface area contributed by atoms with Gasteiger partial charge in [-0.1, -0.05) is 28.1 Å². The molecule has 2 aromatic carbocycles. The predicted octanol–water partition coefficient (Wildman–Crippen LogP) is 3.54. The quantitative estimate of drug-likeness (QED) is 0.206. The van der Waals surface area contributed by atoms with Crippen LogP contribution in [0.1, 0.15) is 22.3 Å². The second-order valence-corrected chi connectivity index (χ2v) is 9.29. The summed E-state index contributed by atoms with van der Waals surface area (Å²) in [6, 6.07) is 9.82. The van der Waals surface area contributed by atoms with Crippen LogP contribution in [0.2, 0.25) is 0 Å². The van der Waals surface area contributed by atoms with Crippen molar-refractivity contribution in [1.82, 2.24) is 5.01 Å². The minimum absolute atomic E-state index is 0.106. The number of allylic oxidation sites excluding steroid dienone is 2. The van der Waals surface area contributed by atoms with Crippen molar-refractivity contribution in [2.75, 3.05) is 6.79 Å². The van der Waals surface area contributed by atoms with Crippen LogP contribution in [-0.2, 0) is 9.59 Å².